The number of aryl methyl sites for hydroxylation is 1. The maximum atomic E-state index is 13.7. The molecule has 0 radical (unpaired) electrons. The molecule has 5 nitrogen and oxygen atoms in total. The molecule has 2 aromatic rings. The van der Waals surface area contributed by atoms with Crippen LogP contribution < -0.4 is 10.2 Å². The summed E-state index contributed by atoms with van der Waals surface area (Å²) in [6, 6.07) is 10.0. The average molecular weight is 314 g/mol. The van der Waals surface area contributed by atoms with E-state index >= 15 is 0 Å². The molecule has 1 atom stereocenters. The number of aromatic nitrogens is 2. The zero-order chi connectivity index (χ0) is 16.2. The lowest BCUT2D eigenvalue weighted by Crippen LogP contribution is -2.41. The number of halogens is 1. The average Bonchev–Trinajstić information content (AvgIpc) is 2.58. The van der Waals surface area contributed by atoms with Crippen molar-refractivity contribution in [1.82, 2.24) is 10.2 Å². The Morgan fingerprint density at radius 1 is 1.26 bits per heavy atom. The molecular weight excluding hydrogens is 295 g/mol. The molecule has 1 amide bonds. The standard InChI is InChI=1S/C17H19FN4O/c1-12-8-9-16(21-20-12)22-10-4-5-13(11-22)17(23)19-15-7-3-2-6-14(15)18/h2-3,6-9,13H,4-5,10-11H2,1H3,(H,19,23). The highest BCUT2D eigenvalue weighted by Gasteiger charge is 2.27. The van der Waals surface area contributed by atoms with Crippen LogP contribution in [0.4, 0.5) is 15.9 Å². The topological polar surface area (TPSA) is 58.1 Å². The van der Waals surface area contributed by atoms with E-state index in [0.29, 0.717) is 6.54 Å². The number of rotatable bonds is 3. The second-order valence-electron chi connectivity index (χ2n) is 5.79. The van der Waals surface area contributed by atoms with E-state index in [2.05, 4.69) is 20.4 Å². The van der Waals surface area contributed by atoms with Crippen LogP contribution in [0.25, 0.3) is 0 Å². The Morgan fingerprint density at radius 3 is 2.83 bits per heavy atom. The SMILES string of the molecule is Cc1ccc(N2CCCC(C(=O)Nc3ccccc3F)C2)nn1. The second kappa shape index (κ2) is 6.73. The van der Waals surface area contributed by atoms with Gasteiger partial charge in [-0.2, -0.15) is 5.10 Å². The third-order valence-electron chi connectivity index (χ3n) is 4.03. The highest BCUT2D eigenvalue weighted by Crippen LogP contribution is 2.23. The lowest BCUT2D eigenvalue weighted by molar-refractivity contribution is -0.120. The number of carbonyl (C=O) groups excluding carboxylic acids is 1. The first-order valence-electron chi connectivity index (χ1n) is 7.74. The lowest BCUT2D eigenvalue weighted by Gasteiger charge is -2.32. The number of piperidine rings is 1. The van der Waals surface area contributed by atoms with E-state index < -0.39 is 5.82 Å². The quantitative estimate of drug-likeness (QED) is 0.946. The van der Waals surface area contributed by atoms with Crippen LogP contribution in [0, 0.1) is 18.7 Å². The molecule has 1 fully saturated rings. The van der Waals surface area contributed by atoms with Gasteiger partial charge in [-0.3, -0.25) is 4.79 Å². The number of hydrogen-bond acceptors (Lipinski definition) is 4. The Kier molecular flexibility index (Phi) is 4.50. The number of amides is 1. The van der Waals surface area contributed by atoms with Crippen LogP contribution in [0.1, 0.15) is 18.5 Å². The van der Waals surface area contributed by atoms with Crippen molar-refractivity contribution < 1.29 is 9.18 Å². The van der Waals surface area contributed by atoms with Gasteiger partial charge < -0.3 is 10.2 Å². The van der Waals surface area contributed by atoms with E-state index in [0.717, 1.165) is 30.9 Å². The highest BCUT2D eigenvalue weighted by atomic mass is 19.1. The first-order valence-corrected chi connectivity index (χ1v) is 7.74. The highest BCUT2D eigenvalue weighted by molar-refractivity contribution is 5.93. The van der Waals surface area contributed by atoms with Crippen LogP contribution in [0.2, 0.25) is 0 Å². The van der Waals surface area contributed by atoms with E-state index in [1.807, 2.05) is 19.1 Å². The van der Waals surface area contributed by atoms with Crippen LogP contribution in [0.15, 0.2) is 36.4 Å². The van der Waals surface area contributed by atoms with E-state index in [4.69, 9.17) is 0 Å². The Hall–Kier alpha value is -2.50. The summed E-state index contributed by atoms with van der Waals surface area (Å²) in [5, 5.41) is 10.9. The fourth-order valence-corrected chi connectivity index (χ4v) is 2.76. The van der Waals surface area contributed by atoms with Gasteiger partial charge in [-0.25, -0.2) is 4.39 Å². The number of nitrogens with zero attached hydrogens (tertiary/aromatic N) is 3. The smallest absolute Gasteiger partial charge is 0.229 e. The molecule has 0 bridgehead atoms. The number of anilines is 2. The van der Waals surface area contributed by atoms with Gasteiger partial charge in [0.25, 0.3) is 0 Å². The zero-order valence-corrected chi connectivity index (χ0v) is 13.0. The monoisotopic (exact) mass is 314 g/mol. The van der Waals surface area contributed by atoms with Gasteiger partial charge in [0.1, 0.15) is 5.82 Å². The normalized spacial score (nSPS) is 17.8. The lowest BCUT2D eigenvalue weighted by atomic mass is 9.97. The van der Waals surface area contributed by atoms with Gasteiger partial charge >= 0.3 is 0 Å². The molecule has 0 spiro atoms. The molecule has 1 unspecified atom stereocenters. The minimum Gasteiger partial charge on any atom is -0.354 e. The first-order chi connectivity index (χ1) is 11.1. The minimum absolute atomic E-state index is 0.153. The third kappa shape index (κ3) is 3.64. The number of benzene rings is 1. The minimum atomic E-state index is -0.419. The number of hydrogen-bond donors (Lipinski definition) is 1. The van der Waals surface area contributed by atoms with E-state index in [-0.39, 0.29) is 17.5 Å². The van der Waals surface area contributed by atoms with Crippen LogP contribution in [0.3, 0.4) is 0 Å². The Morgan fingerprint density at radius 2 is 2.09 bits per heavy atom. The van der Waals surface area contributed by atoms with Crippen molar-refractivity contribution in [3.05, 3.63) is 47.9 Å². The Bertz CT molecular complexity index is 689. The van der Waals surface area contributed by atoms with Crippen molar-refractivity contribution in [1.29, 1.82) is 0 Å². The molecule has 0 aliphatic carbocycles. The molecule has 1 aliphatic heterocycles. The van der Waals surface area contributed by atoms with Crippen LogP contribution in [0.5, 0.6) is 0 Å². The zero-order valence-electron chi connectivity index (χ0n) is 13.0. The van der Waals surface area contributed by atoms with Gasteiger partial charge in [0.2, 0.25) is 5.91 Å². The van der Waals surface area contributed by atoms with Gasteiger partial charge in [0.15, 0.2) is 5.82 Å². The summed E-state index contributed by atoms with van der Waals surface area (Å²) in [7, 11) is 0. The molecule has 1 N–H and O–H groups in total. The van der Waals surface area contributed by atoms with Crippen molar-refractivity contribution in [3.63, 3.8) is 0 Å². The predicted molar refractivity (Wildman–Crippen MR) is 86.7 cm³/mol. The van der Waals surface area contributed by atoms with Crippen molar-refractivity contribution >= 4 is 17.4 Å². The molecule has 0 saturated carbocycles. The van der Waals surface area contributed by atoms with E-state index in [1.165, 1.54) is 6.07 Å². The summed E-state index contributed by atoms with van der Waals surface area (Å²) in [6.45, 7) is 3.30. The maximum Gasteiger partial charge on any atom is 0.229 e. The first kappa shape index (κ1) is 15.4. The summed E-state index contributed by atoms with van der Waals surface area (Å²) in [5.41, 5.74) is 1.09. The Labute approximate surface area is 134 Å². The third-order valence-corrected chi connectivity index (χ3v) is 4.03. The number of carbonyl (C=O) groups is 1. The summed E-state index contributed by atoms with van der Waals surface area (Å²) in [5.74, 6) is 0.0169. The van der Waals surface area contributed by atoms with Gasteiger partial charge in [0.05, 0.1) is 17.3 Å². The molecule has 1 aromatic carbocycles. The molecule has 2 heterocycles. The molecule has 1 aromatic heterocycles. The molecule has 6 heteroatoms. The molecule has 3 rings (SSSR count). The van der Waals surface area contributed by atoms with Crippen LogP contribution in [-0.2, 0) is 4.79 Å². The molecular formula is C17H19FN4O. The largest absolute Gasteiger partial charge is 0.354 e. The van der Waals surface area contributed by atoms with E-state index in [9.17, 15) is 9.18 Å². The summed E-state index contributed by atoms with van der Waals surface area (Å²) < 4.78 is 13.7. The van der Waals surface area contributed by atoms with Crippen molar-refractivity contribution in [2.45, 2.75) is 19.8 Å². The van der Waals surface area contributed by atoms with Crippen LogP contribution >= 0.6 is 0 Å². The Balaban J connectivity index is 1.67. The van der Waals surface area contributed by atoms with Crippen molar-refractivity contribution in [2.24, 2.45) is 5.92 Å². The van der Waals surface area contributed by atoms with Crippen molar-refractivity contribution in [3.8, 4) is 0 Å². The van der Waals surface area contributed by atoms with Gasteiger partial charge in [0, 0.05) is 13.1 Å². The molecule has 1 aliphatic rings. The molecule has 120 valence electrons. The molecule has 23 heavy (non-hydrogen) atoms. The number of nitrogens with one attached hydrogen (secondary N) is 1. The summed E-state index contributed by atoms with van der Waals surface area (Å²) in [6.07, 6.45) is 1.68. The second-order valence-corrected chi connectivity index (χ2v) is 5.79. The van der Waals surface area contributed by atoms with E-state index in [1.54, 1.807) is 18.2 Å². The molecule has 1 saturated heterocycles. The predicted octanol–water partition coefficient (Wildman–Crippen LogP) is 2.78. The van der Waals surface area contributed by atoms with Crippen molar-refractivity contribution in [2.75, 3.05) is 23.3 Å². The maximum absolute atomic E-state index is 13.7. The fraction of sp³-hybridized carbons (Fsp3) is 0.353. The van der Waals surface area contributed by atoms with Gasteiger partial charge in [-0.05, 0) is 44.0 Å². The fourth-order valence-electron chi connectivity index (χ4n) is 2.76. The summed E-state index contributed by atoms with van der Waals surface area (Å²) in [4.78, 5) is 14.5. The van der Waals surface area contributed by atoms with Gasteiger partial charge in [-0.1, -0.05) is 12.1 Å². The van der Waals surface area contributed by atoms with Gasteiger partial charge in [-0.15, -0.1) is 5.10 Å². The number of para-hydroxylation sites is 1. The summed E-state index contributed by atoms with van der Waals surface area (Å²) >= 11 is 0. The van der Waals surface area contributed by atoms with Crippen LogP contribution in [-0.4, -0.2) is 29.2 Å².